The van der Waals surface area contributed by atoms with Crippen LogP contribution in [0.4, 0.5) is 5.69 Å². The minimum absolute atomic E-state index is 0.0401. The molecule has 3 N–H and O–H groups in total. The van der Waals surface area contributed by atoms with Gasteiger partial charge in [0.25, 0.3) is 5.91 Å². The molecule has 3 aromatic carbocycles. The molecule has 2 aliphatic heterocycles. The van der Waals surface area contributed by atoms with Gasteiger partial charge in [-0.2, -0.15) is 0 Å². The minimum atomic E-state index is -0.563. The number of hydrogen-bond donors (Lipinski definition) is 2. The van der Waals surface area contributed by atoms with E-state index in [4.69, 9.17) is 15.2 Å². The molecule has 0 radical (unpaired) electrons. The van der Waals surface area contributed by atoms with Gasteiger partial charge in [0, 0.05) is 17.8 Å². The van der Waals surface area contributed by atoms with E-state index >= 15 is 0 Å². The number of nitrogens with zero attached hydrogens (tertiary/aromatic N) is 1. The van der Waals surface area contributed by atoms with Gasteiger partial charge in [-0.15, -0.1) is 0 Å². The minimum Gasteiger partial charge on any atom is -0.454 e. The van der Waals surface area contributed by atoms with Gasteiger partial charge in [0.15, 0.2) is 11.5 Å². The van der Waals surface area contributed by atoms with Crippen molar-refractivity contribution >= 4 is 23.4 Å². The molecule has 2 heterocycles. The van der Waals surface area contributed by atoms with Crippen molar-refractivity contribution in [3.8, 4) is 22.6 Å². The summed E-state index contributed by atoms with van der Waals surface area (Å²) in [4.78, 5) is 39.7. The highest BCUT2D eigenvalue weighted by atomic mass is 16.7. The van der Waals surface area contributed by atoms with Gasteiger partial charge in [0.05, 0.1) is 5.41 Å². The van der Waals surface area contributed by atoms with Gasteiger partial charge in [-0.05, 0) is 91.3 Å². The Balaban J connectivity index is 1.20. The number of anilines is 1. The first kappa shape index (κ1) is 24.0. The van der Waals surface area contributed by atoms with Gasteiger partial charge in [-0.25, -0.2) is 0 Å². The third kappa shape index (κ3) is 4.16. The number of carbonyl (C=O) groups is 3. The quantitative estimate of drug-likeness (QED) is 0.517. The van der Waals surface area contributed by atoms with Crippen LogP contribution in [-0.2, 0) is 15.0 Å². The van der Waals surface area contributed by atoms with E-state index in [2.05, 4.69) is 5.32 Å². The smallest absolute Gasteiger partial charge is 0.254 e. The van der Waals surface area contributed by atoms with Crippen LogP contribution < -0.4 is 20.5 Å². The van der Waals surface area contributed by atoms with Crippen LogP contribution in [0.2, 0.25) is 0 Å². The highest BCUT2D eigenvalue weighted by Gasteiger charge is 2.51. The van der Waals surface area contributed by atoms with Crippen LogP contribution in [0.1, 0.15) is 47.2 Å². The summed E-state index contributed by atoms with van der Waals surface area (Å²) in [5.74, 6) is 0.689. The van der Waals surface area contributed by atoms with E-state index in [0.717, 1.165) is 41.5 Å². The summed E-state index contributed by atoms with van der Waals surface area (Å²) in [5.41, 5.74) is 10.0. The number of benzene rings is 3. The van der Waals surface area contributed by atoms with Crippen molar-refractivity contribution in [2.24, 2.45) is 5.73 Å². The van der Waals surface area contributed by atoms with Gasteiger partial charge in [-0.1, -0.05) is 24.3 Å². The van der Waals surface area contributed by atoms with Crippen LogP contribution in [0.3, 0.4) is 0 Å². The molecule has 194 valence electrons. The van der Waals surface area contributed by atoms with Crippen molar-refractivity contribution in [2.75, 3.05) is 18.7 Å². The Morgan fingerprint density at radius 3 is 2.47 bits per heavy atom. The number of nitrogens with two attached hydrogens (primary N) is 1. The molecule has 1 unspecified atom stereocenters. The molecule has 0 aromatic heterocycles. The molecule has 8 nitrogen and oxygen atoms in total. The molecule has 2 fully saturated rings. The highest BCUT2D eigenvalue weighted by Crippen LogP contribution is 2.51. The zero-order valence-electron chi connectivity index (χ0n) is 21.2. The Kier molecular flexibility index (Phi) is 5.82. The van der Waals surface area contributed by atoms with Crippen LogP contribution >= 0.6 is 0 Å². The molecule has 3 aliphatic rings. The number of carbonyl (C=O) groups excluding carboxylic acids is 3. The Morgan fingerprint density at radius 1 is 0.974 bits per heavy atom. The van der Waals surface area contributed by atoms with Crippen LogP contribution in [-0.4, -0.2) is 42.0 Å². The van der Waals surface area contributed by atoms with Crippen LogP contribution in [0, 0.1) is 6.92 Å². The maximum atomic E-state index is 13.4. The maximum Gasteiger partial charge on any atom is 0.254 e. The molecule has 0 bridgehead atoms. The molecule has 1 aliphatic carbocycles. The summed E-state index contributed by atoms with van der Waals surface area (Å²) < 4.78 is 10.9. The zero-order chi connectivity index (χ0) is 26.4. The highest BCUT2D eigenvalue weighted by molar-refractivity contribution is 6.02. The number of rotatable bonds is 6. The van der Waals surface area contributed by atoms with E-state index < -0.39 is 17.4 Å². The van der Waals surface area contributed by atoms with Crippen molar-refractivity contribution in [3.05, 3.63) is 77.4 Å². The van der Waals surface area contributed by atoms with Gasteiger partial charge < -0.3 is 25.4 Å². The first-order valence-corrected chi connectivity index (χ1v) is 12.9. The second-order valence-corrected chi connectivity index (χ2v) is 10.3. The molecule has 3 aromatic rings. The number of nitrogens with one attached hydrogen (secondary N) is 1. The number of aryl methyl sites for hydroxylation is 1. The number of fused-ring (bicyclic) bond motifs is 1. The van der Waals surface area contributed by atoms with Crippen molar-refractivity contribution in [1.29, 1.82) is 0 Å². The fourth-order valence-electron chi connectivity index (χ4n) is 5.49. The van der Waals surface area contributed by atoms with Crippen LogP contribution in [0.15, 0.2) is 60.7 Å². The number of hydrogen-bond acceptors (Lipinski definition) is 5. The molecule has 1 saturated carbocycles. The summed E-state index contributed by atoms with van der Waals surface area (Å²) in [5, 5.41) is 3.11. The third-order valence-corrected chi connectivity index (χ3v) is 7.89. The molecule has 1 atom stereocenters. The number of likely N-dealkylation sites (tertiary alicyclic amines) is 1. The summed E-state index contributed by atoms with van der Waals surface area (Å²) in [6.45, 7) is 2.74. The third-order valence-electron chi connectivity index (χ3n) is 7.89. The monoisotopic (exact) mass is 511 g/mol. The number of amides is 3. The topological polar surface area (TPSA) is 111 Å². The van der Waals surface area contributed by atoms with Crippen molar-refractivity contribution in [1.82, 2.24) is 4.90 Å². The molecule has 0 spiro atoms. The second kappa shape index (κ2) is 9.20. The summed E-state index contributed by atoms with van der Waals surface area (Å²) in [6, 6.07) is 18.4. The van der Waals surface area contributed by atoms with Crippen LogP contribution in [0.5, 0.6) is 11.5 Å². The number of primary amides is 1. The SMILES string of the molecule is Cc1ccc(NC(=O)C2(c3ccc4c(c3)OCO4)CC2)cc1-c1ccc(C(=O)N2CCCC2C(N)=O)cc1. The zero-order valence-corrected chi connectivity index (χ0v) is 21.2. The summed E-state index contributed by atoms with van der Waals surface area (Å²) in [6.07, 6.45) is 2.93. The summed E-state index contributed by atoms with van der Waals surface area (Å²) in [7, 11) is 0. The van der Waals surface area contributed by atoms with Gasteiger partial charge in [0.1, 0.15) is 6.04 Å². The lowest BCUT2D eigenvalue weighted by atomic mass is 9.94. The molecule has 38 heavy (non-hydrogen) atoms. The van der Waals surface area contributed by atoms with E-state index in [9.17, 15) is 14.4 Å². The second-order valence-electron chi connectivity index (χ2n) is 10.3. The largest absolute Gasteiger partial charge is 0.454 e. The molecule has 1 saturated heterocycles. The predicted octanol–water partition coefficient (Wildman–Crippen LogP) is 4.15. The first-order chi connectivity index (χ1) is 18.4. The average Bonchev–Trinajstić information content (AvgIpc) is 3.35. The lowest BCUT2D eigenvalue weighted by Crippen LogP contribution is -2.43. The molecule has 6 rings (SSSR count). The maximum absolute atomic E-state index is 13.4. The van der Waals surface area contributed by atoms with E-state index in [1.54, 1.807) is 17.0 Å². The van der Waals surface area contributed by atoms with Crippen molar-refractivity contribution in [3.63, 3.8) is 0 Å². The Morgan fingerprint density at radius 2 is 1.74 bits per heavy atom. The normalized spacial score (nSPS) is 18.8. The van der Waals surface area contributed by atoms with Gasteiger partial charge >= 0.3 is 0 Å². The molecule has 8 heteroatoms. The average molecular weight is 512 g/mol. The fraction of sp³-hybridized carbons (Fsp3) is 0.300. The number of ether oxygens (including phenoxy) is 2. The van der Waals surface area contributed by atoms with E-state index in [1.807, 2.05) is 55.5 Å². The van der Waals surface area contributed by atoms with E-state index in [0.29, 0.717) is 35.7 Å². The Bertz CT molecular complexity index is 1440. The molecule has 3 amide bonds. The van der Waals surface area contributed by atoms with E-state index in [1.165, 1.54) is 0 Å². The Hall–Kier alpha value is -4.33. The molecular weight excluding hydrogens is 482 g/mol. The standard InChI is InChI=1S/C30H29N3O5/c1-18-4-10-22(32-29(36)30(12-13-30)21-9-11-25-26(15-21)38-17-37-25)16-23(18)19-5-7-20(8-6-19)28(35)33-14-2-3-24(33)27(31)34/h4-11,15-16,24H,2-3,12-14,17H2,1H3,(H2,31,34)(H,32,36). The summed E-state index contributed by atoms with van der Waals surface area (Å²) >= 11 is 0. The lowest BCUT2D eigenvalue weighted by Gasteiger charge is -2.22. The Labute approximate surface area is 220 Å². The van der Waals surface area contributed by atoms with Crippen molar-refractivity contribution in [2.45, 2.75) is 44.1 Å². The predicted molar refractivity (Wildman–Crippen MR) is 142 cm³/mol. The van der Waals surface area contributed by atoms with Crippen LogP contribution in [0.25, 0.3) is 11.1 Å². The van der Waals surface area contributed by atoms with Gasteiger partial charge in [0.2, 0.25) is 18.6 Å². The van der Waals surface area contributed by atoms with Crippen molar-refractivity contribution < 1.29 is 23.9 Å². The molecular formula is C30H29N3O5. The van der Waals surface area contributed by atoms with Gasteiger partial charge in [-0.3, -0.25) is 14.4 Å². The lowest BCUT2D eigenvalue weighted by molar-refractivity contribution is -0.121. The fourth-order valence-corrected chi connectivity index (χ4v) is 5.49. The first-order valence-electron chi connectivity index (χ1n) is 12.9. The van der Waals surface area contributed by atoms with E-state index in [-0.39, 0.29) is 18.6 Å².